The van der Waals surface area contributed by atoms with Crippen molar-refractivity contribution < 1.29 is 21.4 Å². The second kappa shape index (κ2) is 6.72. The van der Waals surface area contributed by atoms with E-state index in [1.54, 1.807) is 34.2 Å². The zero-order valence-corrected chi connectivity index (χ0v) is 15.3. The molecule has 9 heteroatoms. The van der Waals surface area contributed by atoms with E-state index in [9.17, 15) is 4.79 Å². The summed E-state index contributed by atoms with van der Waals surface area (Å²) in [7, 11) is 1.84. The lowest BCUT2D eigenvalue weighted by Crippen LogP contribution is -3.00. The first-order chi connectivity index (χ1) is 12.0. The fourth-order valence-electron chi connectivity index (χ4n) is 2.72. The molecule has 0 bridgehead atoms. The molecule has 0 spiro atoms. The van der Waals surface area contributed by atoms with Gasteiger partial charge in [0.1, 0.15) is 5.58 Å². The van der Waals surface area contributed by atoms with E-state index in [2.05, 4.69) is 15.3 Å². The molecule has 3 aromatic heterocycles. The number of nitrogens with zero attached hydrogens (tertiary/aromatic N) is 6. The third-order valence-electron chi connectivity index (χ3n) is 4.04. The van der Waals surface area contributed by atoms with E-state index in [-0.39, 0.29) is 12.4 Å². The molecule has 0 aliphatic rings. The van der Waals surface area contributed by atoms with Crippen LogP contribution in [0.4, 0.5) is 0 Å². The van der Waals surface area contributed by atoms with Crippen LogP contribution in [-0.4, -0.2) is 24.8 Å². The van der Waals surface area contributed by atoms with Crippen LogP contribution in [0.3, 0.4) is 0 Å². The molecule has 0 unspecified atom stereocenters. The molecule has 0 N–H and O–H groups in total. The lowest BCUT2D eigenvalue weighted by Gasteiger charge is -2.02. The van der Waals surface area contributed by atoms with Gasteiger partial charge in [0.15, 0.2) is 0 Å². The van der Waals surface area contributed by atoms with E-state index in [4.69, 9.17) is 4.42 Å². The molecule has 1 aromatic carbocycles. The highest BCUT2D eigenvalue weighted by Crippen LogP contribution is 2.19. The normalized spacial score (nSPS) is 10.9. The Hall–Kier alpha value is -3.00. The van der Waals surface area contributed by atoms with E-state index >= 15 is 0 Å². The maximum atomic E-state index is 12.3. The van der Waals surface area contributed by atoms with E-state index in [1.165, 1.54) is 4.68 Å². The molecule has 0 atom stereocenters. The van der Waals surface area contributed by atoms with Crippen LogP contribution in [0.1, 0.15) is 18.3 Å². The van der Waals surface area contributed by atoms with Crippen LogP contribution in [0.15, 0.2) is 46.1 Å². The Bertz CT molecular complexity index is 1140. The maximum absolute atomic E-state index is 12.3. The van der Waals surface area contributed by atoms with Gasteiger partial charge in [0.2, 0.25) is 12.0 Å². The largest absolute Gasteiger partial charge is 1.00 e. The Morgan fingerprint density at radius 3 is 2.69 bits per heavy atom. The fourth-order valence-corrected chi connectivity index (χ4v) is 2.72. The van der Waals surface area contributed by atoms with Crippen molar-refractivity contribution in [2.24, 2.45) is 7.05 Å². The molecular weight excluding hydrogens is 356 g/mol. The molecule has 0 saturated carbocycles. The van der Waals surface area contributed by atoms with Crippen molar-refractivity contribution in [1.82, 2.24) is 24.8 Å². The lowest BCUT2D eigenvalue weighted by atomic mass is 10.2. The molecule has 134 valence electrons. The van der Waals surface area contributed by atoms with Crippen LogP contribution in [0.5, 0.6) is 0 Å². The highest BCUT2D eigenvalue weighted by Gasteiger charge is 2.15. The van der Waals surface area contributed by atoms with Crippen LogP contribution in [0.2, 0.25) is 0 Å². The highest BCUT2D eigenvalue weighted by atomic mass is 35.5. The minimum absolute atomic E-state index is 0. The number of hydrogen-bond donors (Lipinski definition) is 0. The van der Waals surface area contributed by atoms with E-state index < -0.39 is 5.63 Å². The van der Waals surface area contributed by atoms with Crippen molar-refractivity contribution in [3.8, 4) is 11.4 Å². The summed E-state index contributed by atoms with van der Waals surface area (Å²) < 4.78 is 8.73. The first kappa shape index (κ1) is 17.8. The van der Waals surface area contributed by atoms with Crippen LogP contribution < -0.4 is 22.6 Å². The molecule has 8 nitrogen and oxygen atoms in total. The number of aryl methyl sites for hydroxylation is 3. The average Bonchev–Trinajstić information content (AvgIpc) is 3.19. The molecule has 0 radical (unpaired) electrons. The second-order valence-corrected chi connectivity index (χ2v) is 5.87. The van der Waals surface area contributed by atoms with E-state index in [1.807, 2.05) is 33.0 Å². The molecule has 0 fully saturated rings. The van der Waals surface area contributed by atoms with Gasteiger partial charge in [-0.3, -0.25) is 0 Å². The van der Waals surface area contributed by atoms with Gasteiger partial charge in [0.25, 0.3) is 6.33 Å². The predicted octanol–water partition coefficient (Wildman–Crippen LogP) is -1.74. The van der Waals surface area contributed by atoms with Gasteiger partial charge in [-0.15, -0.1) is 0 Å². The van der Waals surface area contributed by atoms with Gasteiger partial charge in [-0.05, 0) is 31.5 Å². The summed E-state index contributed by atoms with van der Waals surface area (Å²) in [5.74, 6) is 0. The van der Waals surface area contributed by atoms with Crippen molar-refractivity contribution in [2.75, 3.05) is 0 Å². The second-order valence-electron chi connectivity index (χ2n) is 5.87. The summed E-state index contributed by atoms with van der Waals surface area (Å²) in [6, 6.07) is 7.30. The lowest BCUT2D eigenvalue weighted by molar-refractivity contribution is -0.672. The van der Waals surface area contributed by atoms with Gasteiger partial charge >= 0.3 is 5.63 Å². The summed E-state index contributed by atoms with van der Waals surface area (Å²) in [5.41, 5.74) is 2.98. The van der Waals surface area contributed by atoms with Gasteiger partial charge in [-0.1, -0.05) is 11.6 Å². The minimum Gasteiger partial charge on any atom is -1.00 e. The summed E-state index contributed by atoms with van der Waals surface area (Å²) >= 11 is 0. The highest BCUT2D eigenvalue weighted by molar-refractivity contribution is 5.80. The van der Waals surface area contributed by atoms with Crippen LogP contribution in [0, 0.1) is 6.92 Å². The molecule has 26 heavy (non-hydrogen) atoms. The molecule has 4 aromatic rings. The molecule has 0 aliphatic carbocycles. The van der Waals surface area contributed by atoms with Crippen molar-refractivity contribution in [3.05, 3.63) is 58.7 Å². The smallest absolute Gasteiger partial charge is 0.379 e. The Balaban J connectivity index is 0.00000196. The van der Waals surface area contributed by atoms with Crippen molar-refractivity contribution >= 4 is 11.0 Å². The summed E-state index contributed by atoms with van der Waals surface area (Å²) in [4.78, 5) is 13.9. The molecule has 0 saturated heterocycles. The SMILES string of the molecule is CCc1nn(-c2ccc3cc(-n4c[n+](C)cn4)c(=O)oc3c2)nc1C.[Cl-]. The van der Waals surface area contributed by atoms with Gasteiger partial charge < -0.3 is 16.8 Å². The predicted molar refractivity (Wildman–Crippen MR) is 89.8 cm³/mol. The first-order valence-corrected chi connectivity index (χ1v) is 7.96. The van der Waals surface area contributed by atoms with Gasteiger partial charge in [-0.2, -0.15) is 15.0 Å². The average molecular weight is 373 g/mol. The number of halogens is 1. The molecule has 3 heterocycles. The Kier molecular flexibility index (Phi) is 4.60. The number of aromatic nitrogens is 6. The Morgan fingerprint density at radius 2 is 2.04 bits per heavy atom. The Morgan fingerprint density at radius 1 is 1.23 bits per heavy atom. The van der Waals surface area contributed by atoms with Crippen LogP contribution in [0.25, 0.3) is 22.3 Å². The van der Waals surface area contributed by atoms with Gasteiger partial charge in [0, 0.05) is 16.6 Å². The van der Waals surface area contributed by atoms with Crippen molar-refractivity contribution in [2.45, 2.75) is 20.3 Å². The van der Waals surface area contributed by atoms with E-state index in [0.29, 0.717) is 11.3 Å². The third-order valence-corrected chi connectivity index (χ3v) is 4.04. The zero-order chi connectivity index (χ0) is 17.6. The van der Waals surface area contributed by atoms with Crippen molar-refractivity contribution in [3.63, 3.8) is 0 Å². The fraction of sp³-hybridized carbons (Fsp3) is 0.235. The van der Waals surface area contributed by atoms with Crippen molar-refractivity contribution in [1.29, 1.82) is 0 Å². The summed E-state index contributed by atoms with van der Waals surface area (Å²) in [6.45, 7) is 3.97. The summed E-state index contributed by atoms with van der Waals surface area (Å²) in [5, 5.41) is 13.8. The van der Waals surface area contributed by atoms with Crippen LogP contribution in [-0.2, 0) is 13.5 Å². The van der Waals surface area contributed by atoms with Crippen LogP contribution >= 0.6 is 0 Å². The maximum Gasteiger partial charge on any atom is 0.379 e. The van der Waals surface area contributed by atoms with E-state index in [0.717, 1.165) is 28.9 Å². The van der Waals surface area contributed by atoms with Gasteiger partial charge in [0.05, 0.1) is 24.1 Å². The monoisotopic (exact) mass is 372 g/mol. The summed E-state index contributed by atoms with van der Waals surface area (Å²) in [6.07, 6.45) is 4.14. The number of benzene rings is 1. The standard InChI is InChI=1S/C17H17N6O2.ClH/c1-4-14-11(2)19-23(20-14)13-6-5-12-7-15(17(24)25-16(12)8-13)22-10-21(3)9-18-22;/h5-10H,4H2,1-3H3;1H/q+1;/p-1. The zero-order valence-electron chi connectivity index (χ0n) is 14.5. The number of hydrogen-bond acceptors (Lipinski definition) is 5. The molecule has 0 amide bonds. The molecule has 4 rings (SSSR count). The topological polar surface area (TPSA) is 82.6 Å². The quantitative estimate of drug-likeness (QED) is 0.315. The molecular formula is C17H17ClN6O2. The molecule has 0 aliphatic heterocycles. The minimum atomic E-state index is -0.452. The Labute approximate surface area is 155 Å². The first-order valence-electron chi connectivity index (χ1n) is 7.96. The number of fused-ring (bicyclic) bond motifs is 1. The number of rotatable bonds is 3. The third kappa shape index (κ3) is 2.99. The van der Waals surface area contributed by atoms with Gasteiger partial charge in [-0.25, -0.2) is 9.36 Å².